The summed E-state index contributed by atoms with van der Waals surface area (Å²) >= 11 is 0. The first kappa shape index (κ1) is 13.5. The Bertz CT molecular complexity index is 313. The van der Waals surface area contributed by atoms with Crippen LogP contribution in [-0.4, -0.2) is 41.1 Å². The van der Waals surface area contributed by atoms with E-state index in [1.54, 1.807) is 0 Å². The van der Waals surface area contributed by atoms with Crippen LogP contribution in [0.3, 0.4) is 0 Å². The Hall–Kier alpha value is -0.580. The molecule has 1 unspecified atom stereocenters. The van der Waals surface area contributed by atoms with Gasteiger partial charge in [-0.3, -0.25) is 4.90 Å². The number of nitrogens with zero attached hydrogens (tertiary/aromatic N) is 3. The van der Waals surface area contributed by atoms with E-state index in [1.807, 2.05) is 19.6 Å². The van der Waals surface area contributed by atoms with Crippen molar-refractivity contribution in [2.75, 3.05) is 26.7 Å². The number of imidazole rings is 1. The highest BCUT2D eigenvalue weighted by atomic mass is 35.5. The molecule has 0 aliphatic carbocycles. The average molecular weight is 245 g/mol. The number of hydrogen-bond donors (Lipinski definition) is 1. The van der Waals surface area contributed by atoms with Crippen molar-refractivity contribution in [3.8, 4) is 0 Å². The van der Waals surface area contributed by atoms with Crippen LogP contribution in [0.15, 0.2) is 12.5 Å². The fourth-order valence-corrected chi connectivity index (χ4v) is 2.28. The number of aryl methyl sites for hydroxylation is 1. The van der Waals surface area contributed by atoms with Crippen molar-refractivity contribution >= 4 is 12.4 Å². The van der Waals surface area contributed by atoms with Gasteiger partial charge in [-0.05, 0) is 32.5 Å². The summed E-state index contributed by atoms with van der Waals surface area (Å²) in [6, 6.07) is 0. The average Bonchev–Trinajstić information content (AvgIpc) is 2.79. The van der Waals surface area contributed by atoms with Crippen LogP contribution >= 0.6 is 12.4 Å². The molecule has 0 spiro atoms. The zero-order valence-electron chi connectivity index (χ0n) is 10.0. The molecule has 5 heteroatoms. The van der Waals surface area contributed by atoms with Crippen molar-refractivity contribution in [1.29, 1.82) is 0 Å². The van der Waals surface area contributed by atoms with Crippen molar-refractivity contribution in [1.82, 2.24) is 19.8 Å². The number of halogens is 1. The molecule has 16 heavy (non-hydrogen) atoms. The topological polar surface area (TPSA) is 33.1 Å². The standard InChI is InChI=1S/C11H20N4.ClH/c1-12-5-10-3-4-15(7-10)8-11-6-13-9-14(11)2;/h6,9-10,12H,3-5,7-8H2,1-2H3;1H. The SMILES string of the molecule is CNCC1CCN(Cc2cncn2C)C1.Cl. The van der Waals surface area contributed by atoms with Crippen molar-refractivity contribution in [3.63, 3.8) is 0 Å². The summed E-state index contributed by atoms with van der Waals surface area (Å²) in [6.07, 6.45) is 5.15. The normalized spacial score (nSPS) is 21.0. The molecule has 92 valence electrons. The summed E-state index contributed by atoms with van der Waals surface area (Å²) in [6.45, 7) is 4.61. The molecule has 0 aromatic carbocycles. The van der Waals surface area contributed by atoms with E-state index in [2.05, 4.69) is 26.8 Å². The Morgan fingerprint density at radius 3 is 3.00 bits per heavy atom. The van der Waals surface area contributed by atoms with E-state index in [9.17, 15) is 0 Å². The van der Waals surface area contributed by atoms with Crippen molar-refractivity contribution in [2.45, 2.75) is 13.0 Å². The van der Waals surface area contributed by atoms with Crippen molar-refractivity contribution in [3.05, 3.63) is 18.2 Å². The maximum atomic E-state index is 4.14. The minimum atomic E-state index is 0. The lowest BCUT2D eigenvalue weighted by Crippen LogP contribution is -2.25. The number of rotatable bonds is 4. The smallest absolute Gasteiger partial charge is 0.0945 e. The Balaban J connectivity index is 0.00000128. The molecule has 1 aliphatic heterocycles. The second-order valence-corrected chi connectivity index (χ2v) is 4.44. The number of aromatic nitrogens is 2. The fourth-order valence-electron chi connectivity index (χ4n) is 2.28. The summed E-state index contributed by atoms with van der Waals surface area (Å²) < 4.78 is 2.10. The molecule has 1 atom stereocenters. The van der Waals surface area contributed by atoms with Crippen LogP contribution in [0.5, 0.6) is 0 Å². The Morgan fingerprint density at radius 1 is 1.56 bits per heavy atom. The molecule has 2 rings (SSSR count). The Labute approximate surface area is 103 Å². The van der Waals surface area contributed by atoms with Crippen molar-refractivity contribution in [2.24, 2.45) is 13.0 Å². The van der Waals surface area contributed by atoms with E-state index >= 15 is 0 Å². The third kappa shape index (κ3) is 3.20. The molecule has 1 saturated heterocycles. The van der Waals surface area contributed by atoms with Gasteiger partial charge in [0.2, 0.25) is 0 Å². The summed E-state index contributed by atoms with van der Waals surface area (Å²) in [5.41, 5.74) is 1.31. The number of likely N-dealkylation sites (tertiary alicyclic amines) is 1. The third-order valence-electron chi connectivity index (χ3n) is 3.16. The predicted molar refractivity (Wildman–Crippen MR) is 67.8 cm³/mol. The molecule has 4 nitrogen and oxygen atoms in total. The van der Waals surface area contributed by atoms with E-state index in [1.165, 1.54) is 25.2 Å². The van der Waals surface area contributed by atoms with Gasteiger partial charge in [0.1, 0.15) is 0 Å². The molecular formula is C11H21ClN4. The molecule has 0 saturated carbocycles. The van der Waals surface area contributed by atoms with E-state index in [4.69, 9.17) is 0 Å². The lowest BCUT2D eigenvalue weighted by molar-refractivity contribution is 0.308. The number of nitrogens with one attached hydrogen (secondary N) is 1. The van der Waals surface area contributed by atoms with Gasteiger partial charge in [-0.1, -0.05) is 0 Å². The summed E-state index contributed by atoms with van der Waals surface area (Å²) in [4.78, 5) is 6.66. The molecule has 0 radical (unpaired) electrons. The van der Waals surface area contributed by atoms with Gasteiger partial charge < -0.3 is 9.88 Å². The van der Waals surface area contributed by atoms with Crippen molar-refractivity contribution < 1.29 is 0 Å². The van der Waals surface area contributed by atoms with Crippen LogP contribution < -0.4 is 5.32 Å². The Morgan fingerprint density at radius 2 is 2.38 bits per heavy atom. The molecule has 1 aliphatic rings. The minimum absolute atomic E-state index is 0. The van der Waals surface area contributed by atoms with Gasteiger partial charge in [0.15, 0.2) is 0 Å². The first-order valence-corrected chi connectivity index (χ1v) is 5.61. The highest BCUT2D eigenvalue weighted by molar-refractivity contribution is 5.85. The molecule has 2 heterocycles. The Kier molecular flexibility index (Phi) is 5.25. The largest absolute Gasteiger partial charge is 0.337 e. The summed E-state index contributed by atoms with van der Waals surface area (Å²) in [5.74, 6) is 0.822. The zero-order chi connectivity index (χ0) is 10.7. The van der Waals surface area contributed by atoms with Crippen LogP contribution in [-0.2, 0) is 13.6 Å². The second kappa shape index (κ2) is 6.23. The van der Waals surface area contributed by atoms with Crippen LogP contribution in [0.1, 0.15) is 12.1 Å². The van der Waals surface area contributed by atoms with Crippen LogP contribution in [0, 0.1) is 5.92 Å². The van der Waals surface area contributed by atoms with Gasteiger partial charge in [-0.25, -0.2) is 4.98 Å². The van der Waals surface area contributed by atoms with E-state index in [-0.39, 0.29) is 12.4 Å². The molecule has 1 N–H and O–H groups in total. The van der Waals surface area contributed by atoms with Gasteiger partial charge in [-0.2, -0.15) is 0 Å². The quantitative estimate of drug-likeness (QED) is 0.854. The summed E-state index contributed by atoms with van der Waals surface area (Å²) in [5, 5.41) is 3.26. The second-order valence-electron chi connectivity index (χ2n) is 4.44. The lowest BCUT2D eigenvalue weighted by atomic mass is 10.1. The van der Waals surface area contributed by atoms with Crippen LogP contribution in [0.2, 0.25) is 0 Å². The molecule has 0 bridgehead atoms. The van der Waals surface area contributed by atoms with Gasteiger partial charge in [0.05, 0.1) is 12.0 Å². The highest BCUT2D eigenvalue weighted by Crippen LogP contribution is 2.17. The van der Waals surface area contributed by atoms with Gasteiger partial charge in [0, 0.05) is 26.3 Å². The molecule has 1 aromatic heterocycles. The maximum absolute atomic E-state index is 4.14. The summed E-state index contributed by atoms with van der Waals surface area (Å²) in [7, 11) is 4.09. The minimum Gasteiger partial charge on any atom is -0.337 e. The van der Waals surface area contributed by atoms with E-state index < -0.39 is 0 Å². The van der Waals surface area contributed by atoms with Gasteiger partial charge >= 0.3 is 0 Å². The predicted octanol–water partition coefficient (Wildman–Crippen LogP) is 0.883. The molecule has 0 amide bonds. The molecule has 1 fully saturated rings. The first-order chi connectivity index (χ1) is 7.29. The van der Waals surface area contributed by atoms with Crippen LogP contribution in [0.4, 0.5) is 0 Å². The van der Waals surface area contributed by atoms with Gasteiger partial charge in [-0.15, -0.1) is 12.4 Å². The van der Waals surface area contributed by atoms with E-state index in [0.29, 0.717) is 0 Å². The monoisotopic (exact) mass is 244 g/mol. The number of hydrogen-bond acceptors (Lipinski definition) is 3. The molecule has 1 aromatic rings. The van der Waals surface area contributed by atoms with Gasteiger partial charge in [0.25, 0.3) is 0 Å². The lowest BCUT2D eigenvalue weighted by Gasteiger charge is -2.15. The fraction of sp³-hybridized carbons (Fsp3) is 0.727. The first-order valence-electron chi connectivity index (χ1n) is 5.61. The highest BCUT2D eigenvalue weighted by Gasteiger charge is 2.22. The maximum Gasteiger partial charge on any atom is 0.0945 e. The van der Waals surface area contributed by atoms with E-state index in [0.717, 1.165) is 19.0 Å². The molecular weight excluding hydrogens is 224 g/mol. The third-order valence-corrected chi connectivity index (χ3v) is 3.16. The zero-order valence-corrected chi connectivity index (χ0v) is 10.8. The van der Waals surface area contributed by atoms with Crippen LogP contribution in [0.25, 0.3) is 0 Å².